The van der Waals surface area contributed by atoms with Crippen molar-refractivity contribution in [1.82, 2.24) is 5.32 Å². The van der Waals surface area contributed by atoms with Gasteiger partial charge < -0.3 is 9.47 Å². The molecule has 2 aliphatic rings. The number of nitrogens with zero attached hydrogens (tertiary/aromatic N) is 1. The number of rotatable bonds is 7. The summed E-state index contributed by atoms with van der Waals surface area (Å²) in [6.07, 6.45) is 5.40. The molecule has 1 saturated carbocycles. The van der Waals surface area contributed by atoms with Crippen LogP contribution in [-0.4, -0.2) is 38.0 Å². The Morgan fingerprint density at radius 1 is 1.33 bits per heavy atom. The van der Waals surface area contributed by atoms with Gasteiger partial charge in [-0.05, 0) is 38.5 Å². The van der Waals surface area contributed by atoms with E-state index in [-0.39, 0.29) is 0 Å². The average Bonchev–Trinajstić information content (AvgIpc) is 3.20. The number of nitriles is 1. The van der Waals surface area contributed by atoms with Crippen LogP contribution in [-0.2, 0) is 9.47 Å². The summed E-state index contributed by atoms with van der Waals surface area (Å²) < 4.78 is 11.0. The van der Waals surface area contributed by atoms with E-state index in [1.165, 1.54) is 12.8 Å². The second-order valence-electron chi connectivity index (χ2n) is 5.74. The Morgan fingerprint density at radius 2 is 2.06 bits per heavy atom. The first-order valence-electron chi connectivity index (χ1n) is 7.06. The molecule has 0 aromatic carbocycles. The average molecular weight is 252 g/mol. The van der Waals surface area contributed by atoms with Crippen LogP contribution in [0.15, 0.2) is 0 Å². The van der Waals surface area contributed by atoms with Gasteiger partial charge in [0, 0.05) is 38.9 Å². The molecule has 1 aliphatic carbocycles. The van der Waals surface area contributed by atoms with Crippen molar-refractivity contribution in [2.45, 2.75) is 50.6 Å². The number of hydrogen-bond acceptors (Lipinski definition) is 4. The lowest BCUT2D eigenvalue weighted by atomic mass is 10.00. The van der Waals surface area contributed by atoms with Gasteiger partial charge in [0.05, 0.1) is 6.07 Å². The Balaban J connectivity index is 1.59. The predicted octanol–water partition coefficient (Wildman–Crippen LogP) is 1.85. The van der Waals surface area contributed by atoms with Crippen LogP contribution >= 0.6 is 0 Å². The van der Waals surface area contributed by atoms with Gasteiger partial charge in [0.15, 0.2) is 0 Å². The summed E-state index contributed by atoms with van der Waals surface area (Å²) in [7, 11) is 0. The lowest BCUT2D eigenvalue weighted by Gasteiger charge is -2.25. The van der Waals surface area contributed by atoms with E-state index in [1.807, 2.05) is 6.92 Å². The van der Waals surface area contributed by atoms with Crippen LogP contribution < -0.4 is 5.32 Å². The first kappa shape index (κ1) is 13.8. The van der Waals surface area contributed by atoms with Gasteiger partial charge >= 0.3 is 0 Å². The summed E-state index contributed by atoms with van der Waals surface area (Å²) in [5, 5.41) is 12.6. The maximum Gasteiger partial charge on any atom is 0.106 e. The van der Waals surface area contributed by atoms with Gasteiger partial charge in [-0.15, -0.1) is 0 Å². The lowest BCUT2D eigenvalue weighted by molar-refractivity contribution is 0.0174. The highest BCUT2D eigenvalue weighted by Gasteiger charge is 2.32. The highest BCUT2D eigenvalue weighted by molar-refractivity contribution is 5.06. The number of hydrogen-bond donors (Lipinski definition) is 1. The maximum atomic E-state index is 9.23. The molecule has 0 aromatic heterocycles. The molecule has 4 nitrogen and oxygen atoms in total. The fourth-order valence-electron chi connectivity index (χ4n) is 2.28. The topological polar surface area (TPSA) is 54.3 Å². The Labute approximate surface area is 110 Å². The minimum Gasteiger partial charge on any atom is -0.381 e. The second kappa shape index (κ2) is 6.51. The molecule has 1 atom stereocenters. The minimum absolute atomic E-state index is 0.420. The highest BCUT2D eigenvalue weighted by Crippen LogP contribution is 2.24. The fraction of sp³-hybridized carbons (Fsp3) is 0.929. The normalized spacial score (nSPS) is 24.4. The van der Waals surface area contributed by atoms with Crippen LogP contribution in [0.25, 0.3) is 0 Å². The Hall–Kier alpha value is -0.630. The van der Waals surface area contributed by atoms with Crippen LogP contribution in [0.2, 0.25) is 0 Å². The molecular weight excluding hydrogens is 228 g/mol. The van der Waals surface area contributed by atoms with Crippen molar-refractivity contribution < 1.29 is 9.47 Å². The molecule has 2 fully saturated rings. The van der Waals surface area contributed by atoms with Gasteiger partial charge in [0.25, 0.3) is 0 Å². The van der Waals surface area contributed by atoms with Crippen molar-refractivity contribution in [3.63, 3.8) is 0 Å². The third kappa shape index (κ3) is 4.56. The minimum atomic E-state index is -0.420. The van der Waals surface area contributed by atoms with Gasteiger partial charge in [0.2, 0.25) is 0 Å². The van der Waals surface area contributed by atoms with Crippen LogP contribution in [0.4, 0.5) is 0 Å². The van der Waals surface area contributed by atoms with E-state index in [0.717, 1.165) is 39.1 Å². The molecule has 0 spiro atoms. The quantitative estimate of drug-likeness (QED) is 0.703. The third-order valence-electron chi connectivity index (χ3n) is 3.79. The lowest BCUT2D eigenvalue weighted by Crippen LogP contribution is -2.43. The van der Waals surface area contributed by atoms with Gasteiger partial charge in [-0.25, -0.2) is 0 Å². The molecule has 1 N–H and O–H groups in total. The van der Waals surface area contributed by atoms with E-state index >= 15 is 0 Å². The largest absolute Gasteiger partial charge is 0.381 e. The summed E-state index contributed by atoms with van der Waals surface area (Å²) in [4.78, 5) is 0. The summed E-state index contributed by atoms with van der Waals surface area (Å²) in [6.45, 7) is 5.19. The van der Waals surface area contributed by atoms with E-state index in [1.54, 1.807) is 0 Å². The number of ether oxygens (including phenoxy) is 2. The smallest absolute Gasteiger partial charge is 0.106 e. The molecular formula is C14H24N2O2. The number of nitrogens with one attached hydrogen (secondary N) is 1. The first-order valence-corrected chi connectivity index (χ1v) is 7.06. The van der Waals surface area contributed by atoms with Crippen LogP contribution in [0, 0.1) is 17.2 Å². The third-order valence-corrected chi connectivity index (χ3v) is 3.79. The molecule has 0 amide bonds. The van der Waals surface area contributed by atoms with E-state index < -0.39 is 5.54 Å². The van der Waals surface area contributed by atoms with Gasteiger partial charge in [-0.3, -0.25) is 5.32 Å². The van der Waals surface area contributed by atoms with Crippen LogP contribution in [0.1, 0.15) is 39.0 Å². The molecule has 4 heteroatoms. The standard InChI is InChI=1S/C14H24N2O2/c1-14(11-15,16-13-2-3-13)6-9-18-10-12-4-7-17-8-5-12/h12-13,16H,2-10H2,1H3. The van der Waals surface area contributed by atoms with Crippen molar-refractivity contribution in [2.24, 2.45) is 5.92 Å². The van der Waals surface area contributed by atoms with E-state index in [2.05, 4.69) is 11.4 Å². The van der Waals surface area contributed by atoms with E-state index in [4.69, 9.17) is 9.47 Å². The Bertz CT molecular complexity index is 293. The van der Waals surface area contributed by atoms with Crippen molar-refractivity contribution in [1.29, 1.82) is 5.26 Å². The maximum absolute atomic E-state index is 9.23. The van der Waals surface area contributed by atoms with E-state index in [0.29, 0.717) is 18.6 Å². The van der Waals surface area contributed by atoms with Gasteiger partial charge in [-0.2, -0.15) is 5.26 Å². The SMILES string of the molecule is CC(C#N)(CCOCC1CCOCC1)NC1CC1. The monoisotopic (exact) mass is 252 g/mol. The zero-order chi connectivity index (χ0) is 12.8. The summed E-state index contributed by atoms with van der Waals surface area (Å²) in [5.74, 6) is 0.642. The van der Waals surface area contributed by atoms with Crippen molar-refractivity contribution >= 4 is 0 Å². The predicted molar refractivity (Wildman–Crippen MR) is 69.2 cm³/mol. The van der Waals surface area contributed by atoms with Crippen molar-refractivity contribution in [3.05, 3.63) is 0 Å². The highest BCUT2D eigenvalue weighted by atomic mass is 16.5. The molecule has 0 radical (unpaired) electrons. The molecule has 0 bridgehead atoms. The van der Waals surface area contributed by atoms with Crippen molar-refractivity contribution in [3.8, 4) is 6.07 Å². The Morgan fingerprint density at radius 3 is 2.67 bits per heavy atom. The molecule has 1 aliphatic heterocycles. The molecule has 18 heavy (non-hydrogen) atoms. The molecule has 1 heterocycles. The molecule has 1 unspecified atom stereocenters. The second-order valence-corrected chi connectivity index (χ2v) is 5.74. The molecule has 102 valence electrons. The van der Waals surface area contributed by atoms with Crippen LogP contribution in [0.5, 0.6) is 0 Å². The molecule has 2 rings (SSSR count). The van der Waals surface area contributed by atoms with Crippen LogP contribution in [0.3, 0.4) is 0 Å². The van der Waals surface area contributed by atoms with Crippen molar-refractivity contribution in [2.75, 3.05) is 26.4 Å². The first-order chi connectivity index (χ1) is 8.72. The zero-order valence-corrected chi connectivity index (χ0v) is 11.3. The summed E-state index contributed by atoms with van der Waals surface area (Å²) in [6, 6.07) is 2.94. The Kier molecular flexibility index (Phi) is 4.99. The fourth-order valence-corrected chi connectivity index (χ4v) is 2.28. The molecule has 1 saturated heterocycles. The molecule has 0 aromatic rings. The summed E-state index contributed by atoms with van der Waals surface area (Å²) in [5.41, 5.74) is -0.420. The summed E-state index contributed by atoms with van der Waals surface area (Å²) >= 11 is 0. The zero-order valence-electron chi connectivity index (χ0n) is 11.3. The van der Waals surface area contributed by atoms with Gasteiger partial charge in [-0.1, -0.05) is 0 Å². The van der Waals surface area contributed by atoms with E-state index in [9.17, 15) is 5.26 Å². The van der Waals surface area contributed by atoms with Gasteiger partial charge in [0.1, 0.15) is 5.54 Å².